The number of benzene rings is 2. The first-order valence-corrected chi connectivity index (χ1v) is 12.9. The first-order chi connectivity index (χ1) is 17.4. The molecular weight excluding hydrogens is 474 g/mol. The normalized spacial score (nSPS) is 15.4. The third-order valence-electron chi connectivity index (χ3n) is 6.26. The van der Waals surface area contributed by atoms with Crippen LogP contribution in [0.2, 0.25) is 0 Å². The minimum atomic E-state index is -0.615. The number of rotatable bonds is 8. The second-order valence-electron chi connectivity index (χ2n) is 8.31. The summed E-state index contributed by atoms with van der Waals surface area (Å²) in [6, 6.07) is 14.9. The van der Waals surface area contributed by atoms with Gasteiger partial charge in [0.1, 0.15) is 5.75 Å². The van der Waals surface area contributed by atoms with Crippen LogP contribution in [0.4, 0.5) is 5.69 Å². The van der Waals surface area contributed by atoms with Crippen LogP contribution in [-0.2, 0) is 9.53 Å². The molecule has 1 aromatic heterocycles. The number of ether oxygens (including phenoxy) is 2. The smallest absolute Gasteiger partial charge is 0.338 e. The number of fused-ring (bicyclic) bond motifs is 1. The van der Waals surface area contributed by atoms with Crippen LogP contribution >= 0.6 is 11.3 Å². The van der Waals surface area contributed by atoms with E-state index in [1.165, 1.54) is 11.3 Å². The number of hydrogen-bond acceptors (Lipinski definition) is 7. The molecule has 0 saturated carbocycles. The van der Waals surface area contributed by atoms with Crippen molar-refractivity contribution in [1.29, 1.82) is 0 Å². The highest BCUT2D eigenvalue weighted by molar-refractivity contribution is 7.07. The molecule has 36 heavy (non-hydrogen) atoms. The maximum absolute atomic E-state index is 13.8. The molecule has 4 rings (SSSR count). The average molecular weight is 506 g/mol. The molecule has 0 bridgehead atoms. The van der Waals surface area contributed by atoms with E-state index in [1.54, 1.807) is 25.5 Å². The summed E-state index contributed by atoms with van der Waals surface area (Å²) in [5.74, 6) is 0.226. The predicted molar refractivity (Wildman–Crippen MR) is 143 cm³/mol. The Balaban J connectivity index is 1.89. The Kier molecular flexibility index (Phi) is 7.74. The van der Waals surface area contributed by atoms with Crippen LogP contribution in [0, 0.1) is 0 Å². The van der Waals surface area contributed by atoms with Crippen molar-refractivity contribution in [3.05, 3.63) is 90.6 Å². The van der Waals surface area contributed by atoms with E-state index in [0.717, 1.165) is 29.9 Å². The first-order valence-electron chi connectivity index (χ1n) is 12.1. The molecule has 0 fully saturated rings. The Labute approximate surface area is 214 Å². The SMILES string of the molecule is CCOC(=O)C1=C(C)N=c2s/c(=C\c3ccc(N(CC)CC)cc3OC)c(=O)n2[C@@H]1c1ccccc1. The first kappa shape index (κ1) is 25.4. The second kappa shape index (κ2) is 11.0. The van der Waals surface area contributed by atoms with Gasteiger partial charge in [0.25, 0.3) is 5.56 Å². The number of hydrogen-bond donors (Lipinski definition) is 0. The van der Waals surface area contributed by atoms with Crippen LogP contribution in [-0.4, -0.2) is 37.3 Å². The highest BCUT2D eigenvalue weighted by atomic mass is 32.1. The van der Waals surface area contributed by atoms with Gasteiger partial charge in [0.2, 0.25) is 0 Å². The van der Waals surface area contributed by atoms with Crippen LogP contribution in [0.3, 0.4) is 0 Å². The summed E-state index contributed by atoms with van der Waals surface area (Å²) in [5, 5.41) is 0. The van der Waals surface area contributed by atoms with Crippen molar-refractivity contribution in [2.45, 2.75) is 33.7 Å². The molecular formula is C28H31N3O4S. The fourth-order valence-electron chi connectivity index (χ4n) is 4.49. The number of esters is 1. The number of carbonyl (C=O) groups excluding carboxylic acids is 1. The van der Waals surface area contributed by atoms with E-state index in [9.17, 15) is 9.59 Å². The lowest BCUT2D eigenvalue weighted by Gasteiger charge is -2.24. The maximum atomic E-state index is 13.8. The summed E-state index contributed by atoms with van der Waals surface area (Å²) in [4.78, 5) is 34.1. The van der Waals surface area contributed by atoms with Crippen LogP contribution in [0.15, 0.2) is 69.6 Å². The van der Waals surface area contributed by atoms with Crippen LogP contribution in [0.5, 0.6) is 5.75 Å². The molecule has 0 aliphatic carbocycles. The molecule has 7 nitrogen and oxygen atoms in total. The van der Waals surface area contributed by atoms with Crippen molar-refractivity contribution >= 4 is 29.1 Å². The fourth-order valence-corrected chi connectivity index (χ4v) is 5.53. The maximum Gasteiger partial charge on any atom is 0.338 e. The van der Waals surface area contributed by atoms with Gasteiger partial charge in [-0.1, -0.05) is 41.7 Å². The van der Waals surface area contributed by atoms with Gasteiger partial charge in [0, 0.05) is 30.4 Å². The molecule has 0 amide bonds. The van der Waals surface area contributed by atoms with E-state index in [4.69, 9.17) is 9.47 Å². The number of aromatic nitrogens is 1. The number of anilines is 1. The van der Waals surface area contributed by atoms with Crippen molar-refractivity contribution in [3.8, 4) is 5.75 Å². The molecule has 0 radical (unpaired) electrons. The largest absolute Gasteiger partial charge is 0.496 e. The van der Waals surface area contributed by atoms with E-state index in [1.807, 2.05) is 54.6 Å². The van der Waals surface area contributed by atoms with Gasteiger partial charge in [-0.15, -0.1) is 0 Å². The Morgan fingerprint density at radius 3 is 2.50 bits per heavy atom. The van der Waals surface area contributed by atoms with E-state index < -0.39 is 12.0 Å². The molecule has 1 atom stereocenters. The lowest BCUT2D eigenvalue weighted by Crippen LogP contribution is -2.39. The van der Waals surface area contributed by atoms with Crippen LogP contribution < -0.4 is 24.5 Å². The monoisotopic (exact) mass is 505 g/mol. The zero-order chi connectivity index (χ0) is 25.8. The van der Waals surface area contributed by atoms with Crippen molar-refractivity contribution in [3.63, 3.8) is 0 Å². The van der Waals surface area contributed by atoms with Gasteiger partial charge < -0.3 is 14.4 Å². The number of carbonyl (C=O) groups is 1. The van der Waals surface area contributed by atoms with E-state index in [-0.39, 0.29) is 12.2 Å². The summed E-state index contributed by atoms with van der Waals surface area (Å²) >= 11 is 1.30. The molecule has 0 unspecified atom stereocenters. The Morgan fingerprint density at radius 2 is 1.86 bits per heavy atom. The average Bonchev–Trinajstić information content (AvgIpc) is 3.19. The van der Waals surface area contributed by atoms with Gasteiger partial charge >= 0.3 is 5.97 Å². The summed E-state index contributed by atoms with van der Waals surface area (Å²) in [6.45, 7) is 9.79. The highest BCUT2D eigenvalue weighted by Gasteiger charge is 2.33. The van der Waals surface area contributed by atoms with Crippen molar-refractivity contribution in [1.82, 2.24) is 4.57 Å². The molecule has 2 aromatic carbocycles. The number of methoxy groups -OCH3 is 1. The fraction of sp³-hybridized carbons (Fsp3) is 0.321. The lowest BCUT2D eigenvalue weighted by atomic mass is 9.96. The molecule has 1 aliphatic heterocycles. The summed E-state index contributed by atoms with van der Waals surface area (Å²) in [7, 11) is 1.63. The highest BCUT2D eigenvalue weighted by Crippen LogP contribution is 2.31. The van der Waals surface area contributed by atoms with Gasteiger partial charge in [-0.25, -0.2) is 9.79 Å². The number of thiazole rings is 1. The molecule has 2 heterocycles. The third-order valence-corrected chi connectivity index (χ3v) is 7.25. The van der Waals surface area contributed by atoms with Crippen LogP contribution in [0.25, 0.3) is 6.08 Å². The standard InChI is InChI=1S/C28H31N3O4S/c1-6-30(7-2)21-15-14-20(22(17-21)34-5)16-23-26(32)31-25(19-12-10-9-11-13-19)24(27(33)35-8-3)18(4)29-28(31)36-23/h9-17,25H,6-8H2,1-5H3/b23-16-/t25-/m1/s1. The molecule has 188 valence electrons. The van der Waals surface area contributed by atoms with Crippen molar-refractivity contribution in [2.24, 2.45) is 4.99 Å². The molecule has 0 N–H and O–H groups in total. The van der Waals surface area contributed by atoms with E-state index in [2.05, 4.69) is 23.7 Å². The zero-order valence-corrected chi connectivity index (χ0v) is 22.1. The van der Waals surface area contributed by atoms with Gasteiger partial charge in [-0.05, 0) is 51.5 Å². The predicted octanol–water partition coefficient (Wildman–Crippen LogP) is 3.65. The van der Waals surface area contributed by atoms with Gasteiger partial charge in [0.15, 0.2) is 4.80 Å². The topological polar surface area (TPSA) is 73.1 Å². The summed E-state index contributed by atoms with van der Waals surface area (Å²) in [5.41, 5.74) is 3.41. The zero-order valence-electron chi connectivity index (χ0n) is 21.3. The second-order valence-corrected chi connectivity index (χ2v) is 9.32. The molecule has 3 aromatic rings. The molecule has 8 heteroatoms. The number of nitrogens with zero attached hydrogens (tertiary/aromatic N) is 3. The minimum absolute atomic E-state index is 0.211. The lowest BCUT2D eigenvalue weighted by molar-refractivity contribution is -0.139. The van der Waals surface area contributed by atoms with Crippen LogP contribution in [0.1, 0.15) is 44.9 Å². The third kappa shape index (κ3) is 4.73. The Hall–Kier alpha value is -3.65. The van der Waals surface area contributed by atoms with Gasteiger partial charge in [-0.2, -0.15) is 0 Å². The summed E-state index contributed by atoms with van der Waals surface area (Å²) < 4.78 is 13.1. The molecule has 0 saturated heterocycles. The van der Waals surface area contributed by atoms with Gasteiger partial charge in [0.05, 0.1) is 35.6 Å². The van der Waals surface area contributed by atoms with E-state index >= 15 is 0 Å². The van der Waals surface area contributed by atoms with Crippen molar-refractivity contribution in [2.75, 3.05) is 31.7 Å². The van der Waals surface area contributed by atoms with E-state index in [0.29, 0.717) is 26.4 Å². The number of allylic oxidation sites excluding steroid dienone is 1. The van der Waals surface area contributed by atoms with Gasteiger partial charge in [-0.3, -0.25) is 9.36 Å². The molecule has 0 spiro atoms. The summed E-state index contributed by atoms with van der Waals surface area (Å²) in [6.07, 6.45) is 1.83. The Morgan fingerprint density at radius 1 is 1.14 bits per heavy atom. The Bertz CT molecular complexity index is 1470. The molecule has 1 aliphatic rings. The minimum Gasteiger partial charge on any atom is -0.496 e. The quantitative estimate of drug-likeness (QED) is 0.437. The van der Waals surface area contributed by atoms with Crippen molar-refractivity contribution < 1.29 is 14.3 Å².